The fourth-order valence-electron chi connectivity index (χ4n) is 4.49. The van der Waals surface area contributed by atoms with E-state index < -0.39 is 25.1 Å². The van der Waals surface area contributed by atoms with E-state index in [4.69, 9.17) is 0 Å². The van der Waals surface area contributed by atoms with Gasteiger partial charge in [0.2, 0.25) is 15.9 Å². The number of pyridine rings is 1. The van der Waals surface area contributed by atoms with Gasteiger partial charge in [-0.05, 0) is 37.5 Å². The molecule has 3 heterocycles. The number of para-hydroxylation sites is 1. The van der Waals surface area contributed by atoms with Crippen LogP contribution in [-0.4, -0.2) is 79.9 Å². The number of rotatable bonds is 4. The second kappa shape index (κ2) is 8.14. The summed E-state index contributed by atoms with van der Waals surface area (Å²) in [5, 5.41) is 0.159. The predicted molar refractivity (Wildman–Crippen MR) is 119 cm³/mol. The molecule has 1 aromatic heterocycles. The largest absolute Gasteiger partial charge is 0.340 e. The Hall–Kier alpha value is -2.04. The molecule has 1 atom stereocenters. The molecule has 4 rings (SSSR count). The van der Waals surface area contributed by atoms with E-state index in [1.165, 1.54) is 4.31 Å². The maximum absolute atomic E-state index is 13.0. The molecule has 168 valence electrons. The molecule has 2 aliphatic rings. The van der Waals surface area contributed by atoms with Crippen molar-refractivity contribution < 1.29 is 21.6 Å². The van der Waals surface area contributed by atoms with Crippen LogP contribution in [0, 0.1) is 13.8 Å². The molecule has 0 radical (unpaired) electrons. The van der Waals surface area contributed by atoms with Gasteiger partial charge in [-0.25, -0.2) is 16.8 Å². The number of aromatic nitrogens is 1. The molecule has 8 nitrogen and oxygen atoms in total. The van der Waals surface area contributed by atoms with E-state index in [1.807, 2.05) is 38.1 Å². The first-order valence-corrected chi connectivity index (χ1v) is 13.7. The first-order valence-electron chi connectivity index (χ1n) is 10.4. The molecule has 1 unspecified atom stereocenters. The van der Waals surface area contributed by atoms with Gasteiger partial charge in [0.1, 0.15) is 0 Å². The third-order valence-corrected chi connectivity index (χ3v) is 10.7. The Kier molecular flexibility index (Phi) is 5.82. The summed E-state index contributed by atoms with van der Waals surface area (Å²) in [7, 11) is -6.95. The van der Waals surface area contributed by atoms with Gasteiger partial charge < -0.3 is 4.90 Å². The maximum atomic E-state index is 13.0. The molecule has 31 heavy (non-hydrogen) atoms. The lowest BCUT2D eigenvalue weighted by Crippen LogP contribution is -2.53. The molecule has 1 amide bonds. The lowest BCUT2D eigenvalue weighted by Gasteiger charge is -2.35. The van der Waals surface area contributed by atoms with Crippen molar-refractivity contribution in [2.45, 2.75) is 31.9 Å². The Bertz CT molecular complexity index is 1230. The molecule has 2 aliphatic heterocycles. The summed E-state index contributed by atoms with van der Waals surface area (Å²) in [5.41, 5.74) is 3.68. The second-order valence-corrected chi connectivity index (χ2v) is 12.8. The highest BCUT2D eigenvalue weighted by atomic mass is 32.2. The molecule has 1 aromatic carbocycles. The van der Waals surface area contributed by atoms with E-state index in [0.717, 1.165) is 27.7 Å². The summed E-state index contributed by atoms with van der Waals surface area (Å²) in [5.74, 6) is -0.431. The van der Waals surface area contributed by atoms with Crippen molar-refractivity contribution in [3.8, 4) is 0 Å². The van der Waals surface area contributed by atoms with Crippen LogP contribution in [-0.2, 0) is 31.1 Å². The SMILES string of the molecule is Cc1nc2ccccc2c(C)c1CC(=O)N1CCN(S(=O)(=O)C2CCS(=O)(=O)C2)CC1. The average molecular weight is 466 g/mol. The van der Waals surface area contributed by atoms with Crippen molar-refractivity contribution in [1.29, 1.82) is 0 Å². The average Bonchev–Trinajstić information content (AvgIpc) is 3.11. The Morgan fingerprint density at radius 1 is 1.13 bits per heavy atom. The molecular formula is C21H27N3O5S2. The summed E-state index contributed by atoms with van der Waals surface area (Å²) < 4.78 is 50.3. The number of sulfone groups is 1. The van der Waals surface area contributed by atoms with Gasteiger partial charge in [0.15, 0.2) is 9.84 Å². The lowest BCUT2D eigenvalue weighted by atomic mass is 9.99. The standard InChI is InChI=1S/C21H27N3O5S2/c1-15-18-5-3-4-6-20(18)22-16(2)19(15)13-21(25)23-8-10-24(11-9-23)31(28,29)17-7-12-30(26,27)14-17/h3-6,17H,7-14H2,1-2H3. The van der Waals surface area contributed by atoms with E-state index in [9.17, 15) is 21.6 Å². The minimum atomic E-state index is -3.67. The minimum absolute atomic E-state index is 0.0521. The van der Waals surface area contributed by atoms with Gasteiger partial charge in [0.25, 0.3) is 0 Å². The smallest absolute Gasteiger partial charge is 0.227 e. The van der Waals surface area contributed by atoms with Crippen LogP contribution in [0.4, 0.5) is 0 Å². The fourth-order valence-corrected chi connectivity index (χ4v) is 9.00. The Morgan fingerprint density at radius 3 is 2.45 bits per heavy atom. The molecule has 2 aromatic rings. The van der Waals surface area contributed by atoms with Crippen LogP contribution >= 0.6 is 0 Å². The number of aryl methyl sites for hydroxylation is 2. The second-order valence-electron chi connectivity index (χ2n) is 8.34. The first-order chi connectivity index (χ1) is 14.6. The number of carbonyl (C=O) groups is 1. The Balaban J connectivity index is 1.43. The van der Waals surface area contributed by atoms with Gasteiger partial charge in [0, 0.05) is 37.3 Å². The van der Waals surface area contributed by atoms with Gasteiger partial charge in [0.05, 0.1) is 28.7 Å². The molecule has 10 heteroatoms. The van der Waals surface area contributed by atoms with Gasteiger partial charge in [-0.2, -0.15) is 4.31 Å². The Labute approximate surface area is 183 Å². The van der Waals surface area contributed by atoms with E-state index >= 15 is 0 Å². The number of amides is 1. The third-order valence-electron chi connectivity index (χ3n) is 6.38. The Morgan fingerprint density at radius 2 is 1.81 bits per heavy atom. The van der Waals surface area contributed by atoms with Crippen molar-refractivity contribution in [2.24, 2.45) is 0 Å². The van der Waals surface area contributed by atoms with Crippen LogP contribution in [0.15, 0.2) is 24.3 Å². The van der Waals surface area contributed by atoms with E-state index in [2.05, 4.69) is 4.98 Å². The molecule has 0 saturated carbocycles. The topological polar surface area (TPSA) is 105 Å². The zero-order chi connectivity index (χ0) is 22.4. The van der Waals surface area contributed by atoms with E-state index in [-0.39, 0.29) is 43.3 Å². The van der Waals surface area contributed by atoms with Crippen molar-refractivity contribution in [2.75, 3.05) is 37.7 Å². The van der Waals surface area contributed by atoms with Crippen molar-refractivity contribution in [1.82, 2.24) is 14.2 Å². The number of piperazine rings is 1. The number of sulfonamides is 1. The number of nitrogens with zero attached hydrogens (tertiary/aromatic N) is 3. The quantitative estimate of drug-likeness (QED) is 0.669. The first kappa shape index (κ1) is 22.2. The van der Waals surface area contributed by atoms with Crippen LogP contribution < -0.4 is 0 Å². The van der Waals surface area contributed by atoms with E-state index in [1.54, 1.807) is 4.90 Å². The monoisotopic (exact) mass is 465 g/mol. The molecule has 2 saturated heterocycles. The van der Waals surface area contributed by atoms with Crippen LogP contribution in [0.5, 0.6) is 0 Å². The van der Waals surface area contributed by atoms with Crippen LogP contribution in [0.3, 0.4) is 0 Å². The van der Waals surface area contributed by atoms with Crippen LogP contribution in [0.1, 0.15) is 23.2 Å². The molecule has 0 N–H and O–H groups in total. The summed E-state index contributed by atoms with van der Waals surface area (Å²) in [6.45, 7) is 4.90. The zero-order valence-corrected chi connectivity index (χ0v) is 19.4. The number of fused-ring (bicyclic) bond motifs is 1. The lowest BCUT2D eigenvalue weighted by molar-refractivity contribution is -0.131. The molecular weight excluding hydrogens is 438 g/mol. The maximum Gasteiger partial charge on any atom is 0.227 e. The molecule has 0 bridgehead atoms. The molecule has 0 aliphatic carbocycles. The predicted octanol–water partition coefficient (Wildman–Crippen LogP) is 1.06. The third kappa shape index (κ3) is 4.33. The highest BCUT2D eigenvalue weighted by molar-refractivity contribution is 7.95. The van der Waals surface area contributed by atoms with Crippen LogP contribution in [0.2, 0.25) is 0 Å². The van der Waals surface area contributed by atoms with Crippen LogP contribution in [0.25, 0.3) is 10.9 Å². The summed E-state index contributed by atoms with van der Waals surface area (Å²) >= 11 is 0. The highest BCUT2D eigenvalue weighted by Crippen LogP contribution is 2.25. The number of hydrogen-bond acceptors (Lipinski definition) is 6. The van der Waals surface area contributed by atoms with Gasteiger partial charge in [-0.15, -0.1) is 0 Å². The van der Waals surface area contributed by atoms with E-state index in [0.29, 0.717) is 13.1 Å². The minimum Gasteiger partial charge on any atom is -0.340 e. The number of benzene rings is 1. The number of hydrogen-bond donors (Lipinski definition) is 0. The summed E-state index contributed by atoms with van der Waals surface area (Å²) in [6.07, 6.45) is 0.375. The molecule has 2 fully saturated rings. The number of carbonyl (C=O) groups excluding carboxylic acids is 1. The van der Waals surface area contributed by atoms with Crippen molar-refractivity contribution >= 4 is 36.7 Å². The van der Waals surface area contributed by atoms with Crippen molar-refractivity contribution in [3.05, 3.63) is 41.1 Å². The fraction of sp³-hybridized carbons (Fsp3) is 0.524. The zero-order valence-electron chi connectivity index (χ0n) is 17.7. The molecule has 0 spiro atoms. The van der Waals surface area contributed by atoms with Gasteiger partial charge >= 0.3 is 0 Å². The summed E-state index contributed by atoms with van der Waals surface area (Å²) in [4.78, 5) is 19.3. The normalized spacial score (nSPS) is 22.1. The summed E-state index contributed by atoms with van der Waals surface area (Å²) in [6, 6.07) is 7.84. The van der Waals surface area contributed by atoms with Gasteiger partial charge in [-0.1, -0.05) is 18.2 Å². The highest BCUT2D eigenvalue weighted by Gasteiger charge is 2.41. The van der Waals surface area contributed by atoms with Gasteiger partial charge in [-0.3, -0.25) is 9.78 Å². The van der Waals surface area contributed by atoms with Crippen molar-refractivity contribution in [3.63, 3.8) is 0 Å².